The van der Waals surface area contributed by atoms with E-state index in [1.807, 2.05) is 13.0 Å². The molecule has 1 atom stereocenters. The summed E-state index contributed by atoms with van der Waals surface area (Å²) in [5.41, 5.74) is 8.17. The van der Waals surface area contributed by atoms with Crippen LogP contribution in [0.15, 0.2) is 12.1 Å². The number of amides is 1. The van der Waals surface area contributed by atoms with Gasteiger partial charge < -0.3 is 16.2 Å². The third kappa shape index (κ3) is 3.97. The van der Waals surface area contributed by atoms with Gasteiger partial charge in [-0.1, -0.05) is 38.2 Å². The van der Waals surface area contributed by atoms with E-state index in [-0.39, 0.29) is 11.7 Å². The normalized spacial score (nSPS) is 17.5. The predicted molar refractivity (Wildman–Crippen MR) is 85.4 cm³/mol. The molecule has 0 aliphatic heterocycles. The second kappa shape index (κ2) is 6.94. The van der Waals surface area contributed by atoms with E-state index in [1.165, 1.54) is 32.1 Å². The Kier molecular flexibility index (Phi) is 5.23. The van der Waals surface area contributed by atoms with Crippen molar-refractivity contribution in [2.75, 3.05) is 5.32 Å². The minimum Gasteiger partial charge on any atom is -0.507 e. The van der Waals surface area contributed by atoms with Crippen LogP contribution in [0.3, 0.4) is 0 Å². The molecule has 0 spiro atoms. The molecule has 1 amide bonds. The average molecular weight is 290 g/mol. The van der Waals surface area contributed by atoms with Gasteiger partial charge in [0.2, 0.25) is 5.91 Å². The number of hydrogen-bond donors (Lipinski definition) is 3. The predicted octanol–water partition coefficient (Wildman–Crippen LogP) is 3.25. The first-order chi connectivity index (χ1) is 9.99. The van der Waals surface area contributed by atoms with Crippen LogP contribution < -0.4 is 11.1 Å². The molecular weight excluding hydrogens is 264 g/mol. The van der Waals surface area contributed by atoms with Crippen molar-refractivity contribution in [3.05, 3.63) is 23.3 Å². The fraction of sp³-hybridized carbons (Fsp3) is 0.588. The summed E-state index contributed by atoms with van der Waals surface area (Å²) in [5, 5.41) is 12.8. The molecule has 21 heavy (non-hydrogen) atoms. The van der Waals surface area contributed by atoms with Crippen molar-refractivity contribution >= 4 is 11.6 Å². The maximum absolute atomic E-state index is 12.2. The van der Waals surface area contributed by atoms with E-state index in [2.05, 4.69) is 5.32 Å². The van der Waals surface area contributed by atoms with Crippen LogP contribution in [0, 0.1) is 19.8 Å². The number of aryl methyl sites for hydroxylation is 1. The number of rotatable bonds is 4. The lowest BCUT2D eigenvalue weighted by Crippen LogP contribution is -2.37. The van der Waals surface area contributed by atoms with Gasteiger partial charge in [-0.25, -0.2) is 0 Å². The maximum Gasteiger partial charge on any atom is 0.241 e. The van der Waals surface area contributed by atoms with Gasteiger partial charge in [0.15, 0.2) is 0 Å². The van der Waals surface area contributed by atoms with Gasteiger partial charge in [-0.2, -0.15) is 0 Å². The van der Waals surface area contributed by atoms with E-state index in [9.17, 15) is 9.90 Å². The van der Waals surface area contributed by atoms with E-state index >= 15 is 0 Å². The molecule has 4 heteroatoms. The molecule has 0 saturated heterocycles. The highest BCUT2D eigenvalue weighted by atomic mass is 16.3. The molecule has 0 heterocycles. The molecule has 0 aromatic heterocycles. The molecule has 1 unspecified atom stereocenters. The largest absolute Gasteiger partial charge is 0.507 e. The number of nitrogens with one attached hydrogen (secondary N) is 1. The highest BCUT2D eigenvalue weighted by Gasteiger charge is 2.22. The molecule has 116 valence electrons. The zero-order valence-electron chi connectivity index (χ0n) is 13.0. The SMILES string of the molecule is Cc1ccc(NC(=O)C(N)CC2CCCCC2)c(C)c1O. The van der Waals surface area contributed by atoms with Gasteiger partial charge in [0, 0.05) is 11.3 Å². The van der Waals surface area contributed by atoms with Crippen molar-refractivity contribution in [3.8, 4) is 5.75 Å². The zero-order chi connectivity index (χ0) is 15.4. The Labute approximate surface area is 126 Å². The first-order valence-electron chi connectivity index (χ1n) is 7.84. The summed E-state index contributed by atoms with van der Waals surface area (Å²) < 4.78 is 0. The number of carbonyl (C=O) groups excluding carboxylic acids is 1. The lowest BCUT2D eigenvalue weighted by molar-refractivity contribution is -0.117. The topological polar surface area (TPSA) is 75.4 Å². The van der Waals surface area contributed by atoms with Crippen LogP contribution in [0.1, 0.15) is 49.7 Å². The fourth-order valence-electron chi connectivity index (χ4n) is 3.09. The summed E-state index contributed by atoms with van der Waals surface area (Å²) in [6.45, 7) is 3.63. The summed E-state index contributed by atoms with van der Waals surface area (Å²) in [5.74, 6) is 0.646. The monoisotopic (exact) mass is 290 g/mol. The van der Waals surface area contributed by atoms with Gasteiger partial charge in [-0.15, -0.1) is 0 Å². The molecular formula is C17H26N2O2. The third-order valence-electron chi connectivity index (χ3n) is 4.54. The van der Waals surface area contributed by atoms with Crippen LogP contribution in [0.5, 0.6) is 5.75 Å². The third-order valence-corrected chi connectivity index (χ3v) is 4.54. The molecule has 1 aliphatic carbocycles. The van der Waals surface area contributed by atoms with Gasteiger partial charge in [-0.05, 0) is 37.8 Å². The number of hydrogen-bond acceptors (Lipinski definition) is 3. The Balaban J connectivity index is 1.95. The summed E-state index contributed by atoms with van der Waals surface area (Å²) in [4.78, 5) is 12.2. The Morgan fingerprint density at radius 1 is 1.33 bits per heavy atom. The highest BCUT2D eigenvalue weighted by Crippen LogP contribution is 2.29. The molecule has 1 aliphatic rings. The number of phenolic OH excluding ortho intramolecular Hbond substituents is 1. The molecule has 1 aromatic carbocycles. The maximum atomic E-state index is 12.2. The van der Waals surface area contributed by atoms with Crippen LogP contribution in [-0.4, -0.2) is 17.1 Å². The van der Waals surface area contributed by atoms with Crippen molar-refractivity contribution in [2.24, 2.45) is 11.7 Å². The van der Waals surface area contributed by atoms with Crippen molar-refractivity contribution in [1.29, 1.82) is 0 Å². The van der Waals surface area contributed by atoms with Crippen LogP contribution in [0.25, 0.3) is 0 Å². The van der Waals surface area contributed by atoms with Crippen LogP contribution in [0.2, 0.25) is 0 Å². The van der Waals surface area contributed by atoms with Crippen molar-refractivity contribution in [3.63, 3.8) is 0 Å². The van der Waals surface area contributed by atoms with E-state index < -0.39 is 6.04 Å². The highest BCUT2D eigenvalue weighted by molar-refractivity contribution is 5.95. The molecule has 1 aromatic rings. The fourth-order valence-corrected chi connectivity index (χ4v) is 3.09. The Hall–Kier alpha value is -1.55. The van der Waals surface area contributed by atoms with Crippen LogP contribution >= 0.6 is 0 Å². The van der Waals surface area contributed by atoms with Crippen LogP contribution in [-0.2, 0) is 4.79 Å². The molecule has 0 radical (unpaired) electrons. The Morgan fingerprint density at radius 2 is 2.00 bits per heavy atom. The second-order valence-electron chi connectivity index (χ2n) is 6.24. The molecule has 4 nitrogen and oxygen atoms in total. The molecule has 4 N–H and O–H groups in total. The zero-order valence-corrected chi connectivity index (χ0v) is 13.0. The van der Waals surface area contributed by atoms with Gasteiger partial charge in [0.1, 0.15) is 5.75 Å². The van der Waals surface area contributed by atoms with Gasteiger partial charge >= 0.3 is 0 Å². The first-order valence-corrected chi connectivity index (χ1v) is 7.84. The number of anilines is 1. The van der Waals surface area contributed by atoms with Crippen molar-refractivity contribution in [1.82, 2.24) is 0 Å². The van der Waals surface area contributed by atoms with E-state index in [0.29, 0.717) is 17.2 Å². The average Bonchev–Trinajstić information content (AvgIpc) is 2.48. The van der Waals surface area contributed by atoms with Crippen molar-refractivity contribution in [2.45, 2.75) is 58.4 Å². The van der Waals surface area contributed by atoms with Gasteiger partial charge in [0.05, 0.1) is 6.04 Å². The minimum atomic E-state index is -0.476. The standard InChI is InChI=1S/C17H26N2O2/c1-11-8-9-15(12(2)16(11)20)19-17(21)14(18)10-13-6-4-3-5-7-13/h8-9,13-14,20H,3-7,10,18H2,1-2H3,(H,19,21). The quantitative estimate of drug-likeness (QED) is 0.796. The molecule has 1 saturated carbocycles. The smallest absolute Gasteiger partial charge is 0.241 e. The number of carbonyl (C=O) groups is 1. The lowest BCUT2D eigenvalue weighted by Gasteiger charge is -2.24. The van der Waals surface area contributed by atoms with Gasteiger partial charge in [0.25, 0.3) is 0 Å². The van der Waals surface area contributed by atoms with E-state index in [4.69, 9.17) is 5.73 Å². The second-order valence-corrected chi connectivity index (χ2v) is 6.24. The molecule has 0 bridgehead atoms. The minimum absolute atomic E-state index is 0.160. The number of benzene rings is 1. The van der Waals surface area contributed by atoms with E-state index in [1.54, 1.807) is 13.0 Å². The first kappa shape index (κ1) is 15.8. The van der Waals surface area contributed by atoms with Crippen LogP contribution in [0.4, 0.5) is 5.69 Å². The number of nitrogens with two attached hydrogens (primary N) is 1. The number of aromatic hydroxyl groups is 1. The molecule has 2 rings (SSSR count). The summed E-state index contributed by atoms with van der Waals surface area (Å²) in [6, 6.07) is 3.14. The Morgan fingerprint density at radius 3 is 2.67 bits per heavy atom. The van der Waals surface area contributed by atoms with Gasteiger partial charge in [-0.3, -0.25) is 4.79 Å². The number of phenols is 1. The summed E-state index contributed by atoms with van der Waals surface area (Å²) in [7, 11) is 0. The Bertz CT molecular complexity index is 508. The van der Waals surface area contributed by atoms with Crippen molar-refractivity contribution < 1.29 is 9.90 Å². The summed E-state index contributed by atoms with van der Waals surface area (Å²) in [6.07, 6.45) is 6.94. The van der Waals surface area contributed by atoms with E-state index in [0.717, 1.165) is 12.0 Å². The summed E-state index contributed by atoms with van der Waals surface area (Å²) >= 11 is 0. The lowest BCUT2D eigenvalue weighted by atomic mass is 9.85. The molecule has 1 fully saturated rings.